The number of aromatic carboxylic acids is 1. The first kappa shape index (κ1) is 10.8. The van der Waals surface area contributed by atoms with Gasteiger partial charge in [-0.2, -0.15) is 0 Å². The van der Waals surface area contributed by atoms with Crippen molar-refractivity contribution in [3.63, 3.8) is 0 Å². The molecule has 0 aromatic heterocycles. The smallest absolute Gasteiger partial charge is 0.335 e. The molecule has 2 rings (SSSR count). The maximum Gasteiger partial charge on any atom is 0.335 e. The number of nitrogen functional groups attached to an aromatic ring is 1. The van der Waals surface area contributed by atoms with E-state index in [1.807, 2.05) is 0 Å². The summed E-state index contributed by atoms with van der Waals surface area (Å²) in [7, 11) is 0. The quantitative estimate of drug-likeness (QED) is 0.665. The lowest BCUT2D eigenvalue weighted by Crippen LogP contribution is -2.06. The first-order valence-electron chi connectivity index (χ1n) is 5.53. The van der Waals surface area contributed by atoms with Gasteiger partial charge in [-0.15, -0.1) is 0 Å². The lowest BCUT2D eigenvalue weighted by molar-refractivity contribution is 0.0697. The SMILES string of the molecule is Nc1ccc(C(=O)O)cc1NCCC1CC1. The second-order valence-electron chi connectivity index (χ2n) is 4.27. The Balaban J connectivity index is 1.99. The molecule has 0 radical (unpaired) electrons. The predicted molar refractivity (Wildman–Crippen MR) is 63.6 cm³/mol. The van der Waals surface area contributed by atoms with E-state index in [4.69, 9.17) is 10.8 Å². The van der Waals surface area contributed by atoms with Crippen LogP contribution >= 0.6 is 0 Å². The van der Waals surface area contributed by atoms with Gasteiger partial charge in [0.15, 0.2) is 0 Å². The van der Waals surface area contributed by atoms with Crippen molar-refractivity contribution in [3.8, 4) is 0 Å². The van der Waals surface area contributed by atoms with Gasteiger partial charge in [-0.3, -0.25) is 0 Å². The minimum atomic E-state index is -0.926. The summed E-state index contributed by atoms with van der Waals surface area (Å²) in [5, 5.41) is 12.0. The third-order valence-electron chi connectivity index (χ3n) is 2.87. The molecule has 4 nitrogen and oxygen atoms in total. The summed E-state index contributed by atoms with van der Waals surface area (Å²) < 4.78 is 0. The number of anilines is 2. The number of benzene rings is 1. The van der Waals surface area contributed by atoms with Crippen LogP contribution in [0.4, 0.5) is 11.4 Å². The maximum atomic E-state index is 10.8. The highest BCUT2D eigenvalue weighted by molar-refractivity contribution is 5.90. The van der Waals surface area contributed by atoms with Crippen molar-refractivity contribution in [1.82, 2.24) is 0 Å². The standard InChI is InChI=1S/C12H16N2O2/c13-10-4-3-9(12(15)16)7-11(10)14-6-5-8-1-2-8/h3-4,7-8,14H,1-2,5-6,13H2,(H,15,16). The van der Waals surface area contributed by atoms with Gasteiger partial charge in [0.05, 0.1) is 16.9 Å². The van der Waals surface area contributed by atoms with E-state index < -0.39 is 5.97 Å². The second kappa shape index (κ2) is 4.43. The molecular formula is C12H16N2O2. The lowest BCUT2D eigenvalue weighted by Gasteiger charge is -2.09. The molecule has 4 N–H and O–H groups in total. The fourth-order valence-electron chi connectivity index (χ4n) is 1.66. The third kappa shape index (κ3) is 2.66. The monoisotopic (exact) mass is 220 g/mol. The normalized spacial score (nSPS) is 14.8. The van der Waals surface area contributed by atoms with Gasteiger partial charge in [0.2, 0.25) is 0 Å². The van der Waals surface area contributed by atoms with Gasteiger partial charge in [-0.25, -0.2) is 4.79 Å². The Morgan fingerprint density at radius 3 is 2.88 bits per heavy atom. The summed E-state index contributed by atoms with van der Waals surface area (Å²) in [6.07, 6.45) is 3.79. The van der Waals surface area contributed by atoms with Crippen molar-refractivity contribution in [2.45, 2.75) is 19.3 Å². The summed E-state index contributed by atoms with van der Waals surface area (Å²) in [5.41, 5.74) is 7.35. The molecule has 1 aliphatic carbocycles. The number of rotatable bonds is 5. The number of nitrogens with one attached hydrogen (secondary N) is 1. The average Bonchev–Trinajstić information content (AvgIpc) is 3.04. The summed E-state index contributed by atoms with van der Waals surface area (Å²) >= 11 is 0. The van der Waals surface area contributed by atoms with E-state index in [1.165, 1.54) is 18.9 Å². The topological polar surface area (TPSA) is 75.4 Å². The van der Waals surface area contributed by atoms with Gasteiger partial charge < -0.3 is 16.2 Å². The number of hydrogen-bond acceptors (Lipinski definition) is 3. The largest absolute Gasteiger partial charge is 0.478 e. The van der Waals surface area contributed by atoms with Crippen LogP contribution in [-0.2, 0) is 0 Å². The van der Waals surface area contributed by atoms with Crippen LogP contribution in [0.3, 0.4) is 0 Å². The van der Waals surface area contributed by atoms with Crippen LogP contribution in [0, 0.1) is 5.92 Å². The molecule has 0 atom stereocenters. The summed E-state index contributed by atoms with van der Waals surface area (Å²) in [4.78, 5) is 10.8. The van der Waals surface area contributed by atoms with E-state index in [-0.39, 0.29) is 5.56 Å². The Hall–Kier alpha value is -1.71. The second-order valence-corrected chi connectivity index (χ2v) is 4.27. The average molecular weight is 220 g/mol. The van der Waals surface area contributed by atoms with Crippen LogP contribution < -0.4 is 11.1 Å². The Morgan fingerprint density at radius 1 is 1.50 bits per heavy atom. The fourth-order valence-corrected chi connectivity index (χ4v) is 1.66. The molecule has 4 heteroatoms. The Bertz CT molecular complexity index is 400. The molecule has 1 aromatic rings. The van der Waals surface area contributed by atoms with Gasteiger partial charge in [-0.1, -0.05) is 12.8 Å². The zero-order valence-electron chi connectivity index (χ0n) is 9.07. The van der Waals surface area contributed by atoms with Crippen LogP contribution in [0.2, 0.25) is 0 Å². The van der Waals surface area contributed by atoms with Gasteiger partial charge in [0.25, 0.3) is 0 Å². The van der Waals surface area contributed by atoms with E-state index in [1.54, 1.807) is 12.1 Å². The van der Waals surface area contributed by atoms with E-state index in [2.05, 4.69) is 5.32 Å². The molecular weight excluding hydrogens is 204 g/mol. The molecule has 0 spiro atoms. The van der Waals surface area contributed by atoms with Gasteiger partial charge in [0.1, 0.15) is 0 Å². The molecule has 0 unspecified atom stereocenters. The Morgan fingerprint density at radius 2 is 2.25 bits per heavy atom. The van der Waals surface area contributed by atoms with Crippen LogP contribution in [0.1, 0.15) is 29.6 Å². The Labute approximate surface area is 94.5 Å². The van der Waals surface area contributed by atoms with Crippen molar-refractivity contribution < 1.29 is 9.90 Å². The molecule has 1 fully saturated rings. The number of nitrogens with two attached hydrogens (primary N) is 1. The predicted octanol–water partition coefficient (Wildman–Crippen LogP) is 2.18. The maximum absolute atomic E-state index is 10.8. The Kier molecular flexibility index (Phi) is 2.99. The molecule has 16 heavy (non-hydrogen) atoms. The first-order chi connectivity index (χ1) is 7.66. The van der Waals surface area contributed by atoms with E-state index >= 15 is 0 Å². The van der Waals surface area contributed by atoms with Crippen LogP contribution in [0.5, 0.6) is 0 Å². The highest BCUT2D eigenvalue weighted by Gasteiger charge is 2.20. The minimum Gasteiger partial charge on any atom is -0.478 e. The van der Waals surface area contributed by atoms with Crippen LogP contribution in [0.15, 0.2) is 18.2 Å². The van der Waals surface area contributed by atoms with E-state index in [0.717, 1.165) is 24.6 Å². The zero-order chi connectivity index (χ0) is 11.5. The van der Waals surface area contributed by atoms with E-state index in [0.29, 0.717) is 5.69 Å². The molecule has 86 valence electrons. The van der Waals surface area contributed by atoms with Gasteiger partial charge in [0, 0.05) is 6.54 Å². The zero-order valence-corrected chi connectivity index (χ0v) is 9.07. The van der Waals surface area contributed by atoms with Gasteiger partial charge >= 0.3 is 5.97 Å². The van der Waals surface area contributed by atoms with Crippen molar-refractivity contribution in [3.05, 3.63) is 23.8 Å². The third-order valence-corrected chi connectivity index (χ3v) is 2.87. The van der Waals surface area contributed by atoms with Crippen molar-refractivity contribution in [2.24, 2.45) is 5.92 Å². The fraction of sp³-hybridized carbons (Fsp3) is 0.417. The first-order valence-corrected chi connectivity index (χ1v) is 5.53. The minimum absolute atomic E-state index is 0.267. The number of carbonyl (C=O) groups is 1. The molecule has 0 heterocycles. The van der Waals surface area contributed by atoms with Crippen molar-refractivity contribution in [1.29, 1.82) is 0 Å². The molecule has 1 saturated carbocycles. The number of hydrogen-bond donors (Lipinski definition) is 3. The molecule has 1 aliphatic rings. The van der Waals surface area contributed by atoms with Crippen LogP contribution in [-0.4, -0.2) is 17.6 Å². The molecule has 0 amide bonds. The van der Waals surface area contributed by atoms with Crippen molar-refractivity contribution >= 4 is 17.3 Å². The molecule has 1 aromatic carbocycles. The van der Waals surface area contributed by atoms with Crippen LogP contribution in [0.25, 0.3) is 0 Å². The van der Waals surface area contributed by atoms with E-state index in [9.17, 15) is 4.79 Å². The summed E-state index contributed by atoms with van der Waals surface area (Å²) in [6, 6.07) is 4.73. The summed E-state index contributed by atoms with van der Waals surface area (Å²) in [6.45, 7) is 0.859. The number of carboxylic acids is 1. The molecule has 0 bridgehead atoms. The van der Waals surface area contributed by atoms with Crippen molar-refractivity contribution in [2.75, 3.05) is 17.6 Å². The molecule has 0 saturated heterocycles. The lowest BCUT2D eigenvalue weighted by atomic mass is 10.1. The molecule has 0 aliphatic heterocycles. The summed E-state index contributed by atoms with van der Waals surface area (Å²) in [5.74, 6) is -0.0679. The van der Waals surface area contributed by atoms with Gasteiger partial charge in [-0.05, 0) is 30.5 Å². The highest BCUT2D eigenvalue weighted by Crippen LogP contribution is 2.32. The highest BCUT2D eigenvalue weighted by atomic mass is 16.4. The number of carboxylic acid groups (broad SMARTS) is 1.